The van der Waals surface area contributed by atoms with Gasteiger partial charge in [-0.05, 0) is 6.42 Å². The molecule has 0 amide bonds. The van der Waals surface area contributed by atoms with Crippen LogP contribution in [-0.2, 0) is 4.79 Å². The lowest BCUT2D eigenvalue weighted by molar-refractivity contribution is -0.137. The molecule has 0 aromatic carbocycles. The molecule has 0 atom stereocenters. The van der Waals surface area contributed by atoms with Crippen molar-refractivity contribution in [2.75, 3.05) is 0 Å². The summed E-state index contributed by atoms with van der Waals surface area (Å²) in [5.41, 5.74) is 0. The molecule has 0 rings (SSSR count). The van der Waals surface area contributed by atoms with Gasteiger partial charge in [-0.2, -0.15) is 0 Å². The van der Waals surface area contributed by atoms with E-state index < -0.39 is 5.97 Å². The van der Waals surface area contributed by atoms with Gasteiger partial charge in [-0.25, -0.2) is 0 Å². The Hall–Kier alpha value is -0.530. The monoisotopic (exact) mass is 605 g/mol. The van der Waals surface area contributed by atoms with Gasteiger partial charge in [0.1, 0.15) is 0 Å². The zero-order valence-electron chi connectivity index (χ0n) is 32.7. The molecule has 2 heteroatoms. The maximum atomic E-state index is 9.60. The second-order valence-corrected chi connectivity index (χ2v) is 11.4. The van der Waals surface area contributed by atoms with Crippen molar-refractivity contribution < 1.29 is 9.90 Å². The van der Waals surface area contributed by atoms with Gasteiger partial charge in [0.05, 0.1) is 0 Å². The quantitative estimate of drug-likeness (QED) is 0.140. The lowest BCUT2D eigenvalue weighted by atomic mass is 10.2. The van der Waals surface area contributed by atoms with Crippen molar-refractivity contribution in [1.82, 2.24) is 0 Å². The molecule has 0 aliphatic rings. The van der Waals surface area contributed by atoms with E-state index >= 15 is 0 Å². The molecule has 0 aliphatic heterocycles. The largest absolute Gasteiger partial charge is 0.481 e. The summed E-state index contributed by atoms with van der Waals surface area (Å²) in [6.07, 6.45) is 34.2. The third kappa shape index (κ3) is 139. The molecule has 0 aromatic heterocycles. The third-order valence-corrected chi connectivity index (χ3v) is 6.21. The van der Waals surface area contributed by atoms with E-state index in [0.29, 0.717) is 6.42 Å². The molecule has 0 bridgehead atoms. The lowest BCUT2D eigenvalue weighted by Gasteiger charge is -1.86. The Morgan fingerprint density at radius 3 is 0.429 bits per heavy atom. The van der Waals surface area contributed by atoms with E-state index in [4.69, 9.17) is 5.11 Å². The standard InChI is InChI=1S/6C6H14.C4H8O2/c6*1-3-5-6-4-2;1-2-3-4(5)6/h6*3-6H2,1-2H3;2-3H2,1H3,(H,5,6). The van der Waals surface area contributed by atoms with Crippen LogP contribution in [0, 0.1) is 0 Å². The molecule has 2 nitrogen and oxygen atoms in total. The molecule has 264 valence electrons. The van der Waals surface area contributed by atoms with Crippen LogP contribution in [0.15, 0.2) is 0 Å². The van der Waals surface area contributed by atoms with Gasteiger partial charge in [-0.1, -0.05) is 244 Å². The van der Waals surface area contributed by atoms with Crippen molar-refractivity contribution in [3.8, 4) is 0 Å². The number of carboxylic acids is 1. The molecule has 0 spiro atoms. The van der Waals surface area contributed by atoms with Gasteiger partial charge >= 0.3 is 5.97 Å². The summed E-state index contributed by atoms with van der Waals surface area (Å²) in [5.74, 6) is -0.711. The van der Waals surface area contributed by atoms with Crippen LogP contribution in [0.4, 0.5) is 0 Å². The minimum Gasteiger partial charge on any atom is -0.481 e. The van der Waals surface area contributed by atoms with Crippen LogP contribution >= 0.6 is 0 Å². The maximum absolute atomic E-state index is 9.60. The van der Waals surface area contributed by atoms with E-state index in [2.05, 4.69) is 83.1 Å². The van der Waals surface area contributed by atoms with Crippen LogP contribution < -0.4 is 0 Å². The highest BCUT2D eigenvalue weighted by Gasteiger charge is 1.87. The molecule has 0 aliphatic carbocycles. The SMILES string of the molecule is CCCC(=O)O.CCCCCC.CCCCCC.CCCCCC.CCCCCC.CCCCCC.CCCCCC. The van der Waals surface area contributed by atoms with Crippen molar-refractivity contribution in [3.05, 3.63) is 0 Å². The van der Waals surface area contributed by atoms with E-state index in [1.807, 2.05) is 6.92 Å². The molecule has 0 fully saturated rings. The maximum Gasteiger partial charge on any atom is 0.303 e. The summed E-state index contributed by atoms with van der Waals surface area (Å²) in [6.45, 7) is 28.6. The Labute approximate surface area is 272 Å². The highest BCUT2D eigenvalue weighted by atomic mass is 16.4. The minimum atomic E-state index is -0.711. The Balaban J connectivity index is -0.0000000681. The number of carbonyl (C=O) groups is 1. The second kappa shape index (κ2) is 77.8. The van der Waals surface area contributed by atoms with Crippen molar-refractivity contribution in [2.45, 2.75) is 257 Å². The summed E-state index contributed by atoms with van der Waals surface area (Å²) >= 11 is 0. The zero-order chi connectivity index (χ0) is 34.0. The van der Waals surface area contributed by atoms with Gasteiger partial charge in [-0.15, -0.1) is 0 Å². The molecule has 1 N–H and O–H groups in total. The van der Waals surface area contributed by atoms with Gasteiger partial charge in [0.15, 0.2) is 0 Å². The first-order chi connectivity index (χ1) is 20.3. The highest BCUT2D eigenvalue weighted by molar-refractivity contribution is 5.66. The van der Waals surface area contributed by atoms with Gasteiger partial charge in [0.2, 0.25) is 0 Å². The first kappa shape index (κ1) is 57.2. The first-order valence-corrected chi connectivity index (χ1v) is 19.5. The van der Waals surface area contributed by atoms with Crippen molar-refractivity contribution in [3.63, 3.8) is 0 Å². The molecule has 0 radical (unpaired) electrons. The Bertz CT molecular complexity index is 242. The summed E-state index contributed by atoms with van der Waals surface area (Å²) in [5, 5.41) is 7.91. The average Bonchev–Trinajstić information content (AvgIpc) is 3.00. The summed E-state index contributed by atoms with van der Waals surface area (Å²) in [7, 11) is 0. The normalized spacial score (nSPS) is 8.88. The van der Waals surface area contributed by atoms with Crippen LogP contribution in [-0.4, -0.2) is 11.1 Å². The number of rotatable bonds is 20. The van der Waals surface area contributed by atoms with Gasteiger partial charge in [0.25, 0.3) is 0 Å². The van der Waals surface area contributed by atoms with E-state index in [-0.39, 0.29) is 0 Å². The number of unbranched alkanes of at least 4 members (excludes halogenated alkanes) is 18. The minimum absolute atomic E-state index is 0.292. The molecule has 0 unspecified atom stereocenters. The smallest absolute Gasteiger partial charge is 0.303 e. The fourth-order valence-electron chi connectivity index (χ4n) is 3.21. The van der Waals surface area contributed by atoms with Crippen LogP contribution in [0.3, 0.4) is 0 Å². The van der Waals surface area contributed by atoms with Gasteiger partial charge < -0.3 is 5.11 Å². The molecular formula is C40H92O2. The fraction of sp³-hybridized carbons (Fsp3) is 0.975. The van der Waals surface area contributed by atoms with Crippen LogP contribution in [0.5, 0.6) is 0 Å². The lowest BCUT2D eigenvalue weighted by Crippen LogP contribution is -1.90. The predicted octanol–water partition coefficient (Wildman–Crippen LogP) is 16.4. The molecular weight excluding hydrogens is 512 g/mol. The van der Waals surface area contributed by atoms with E-state index in [1.165, 1.54) is 154 Å². The fourth-order valence-corrected chi connectivity index (χ4v) is 3.21. The summed E-state index contributed by atoms with van der Waals surface area (Å²) in [6, 6.07) is 0. The number of aliphatic carboxylic acids is 1. The Morgan fingerprint density at radius 2 is 0.405 bits per heavy atom. The van der Waals surface area contributed by atoms with Crippen LogP contribution in [0.2, 0.25) is 0 Å². The molecule has 0 saturated heterocycles. The number of hydrogen-bond acceptors (Lipinski definition) is 1. The summed E-state index contributed by atoms with van der Waals surface area (Å²) < 4.78 is 0. The van der Waals surface area contributed by atoms with E-state index in [1.54, 1.807) is 0 Å². The van der Waals surface area contributed by atoms with Crippen LogP contribution in [0.25, 0.3) is 0 Å². The van der Waals surface area contributed by atoms with Gasteiger partial charge in [-0.3, -0.25) is 4.79 Å². The highest BCUT2D eigenvalue weighted by Crippen LogP contribution is 1.98. The Morgan fingerprint density at radius 1 is 0.286 bits per heavy atom. The molecule has 0 heterocycles. The number of carboxylic acid groups (broad SMARTS) is 1. The van der Waals surface area contributed by atoms with Crippen molar-refractivity contribution in [1.29, 1.82) is 0 Å². The summed E-state index contributed by atoms with van der Waals surface area (Å²) in [4.78, 5) is 9.60. The second-order valence-electron chi connectivity index (χ2n) is 11.4. The topological polar surface area (TPSA) is 37.3 Å². The van der Waals surface area contributed by atoms with Crippen LogP contribution in [0.1, 0.15) is 257 Å². The zero-order valence-corrected chi connectivity index (χ0v) is 32.7. The van der Waals surface area contributed by atoms with Gasteiger partial charge in [0, 0.05) is 6.42 Å². The van der Waals surface area contributed by atoms with E-state index in [9.17, 15) is 4.79 Å². The molecule has 0 aromatic rings. The first-order valence-electron chi connectivity index (χ1n) is 19.5. The van der Waals surface area contributed by atoms with E-state index in [0.717, 1.165) is 6.42 Å². The Kier molecular flexibility index (Phi) is 106. The average molecular weight is 605 g/mol. The third-order valence-electron chi connectivity index (χ3n) is 6.21. The molecule has 0 saturated carbocycles. The molecule has 42 heavy (non-hydrogen) atoms. The predicted molar refractivity (Wildman–Crippen MR) is 201 cm³/mol. The van der Waals surface area contributed by atoms with Crippen molar-refractivity contribution in [2.24, 2.45) is 0 Å². The van der Waals surface area contributed by atoms with Crippen molar-refractivity contribution >= 4 is 5.97 Å². The number of hydrogen-bond donors (Lipinski definition) is 1.